The van der Waals surface area contributed by atoms with Crippen LogP contribution in [0, 0.1) is 0 Å². The van der Waals surface area contributed by atoms with Crippen LogP contribution in [0.5, 0.6) is 0 Å². The Morgan fingerprint density at radius 1 is 1.29 bits per heavy atom. The highest BCUT2D eigenvalue weighted by Crippen LogP contribution is 2.19. The van der Waals surface area contributed by atoms with Crippen LogP contribution < -0.4 is 10.6 Å². The van der Waals surface area contributed by atoms with Crippen molar-refractivity contribution in [3.63, 3.8) is 0 Å². The second-order valence-corrected chi connectivity index (χ2v) is 4.79. The number of benzene rings is 1. The van der Waals surface area contributed by atoms with Gasteiger partial charge in [-0.25, -0.2) is 9.59 Å². The maximum Gasteiger partial charge on any atom is 0.338 e. The molecule has 0 unspecified atom stereocenters. The van der Waals surface area contributed by atoms with Gasteiger partial charge in [0.05, 0.1) is 12.2 Å². The Morgan fingerprint density at radius 2 is 2.10 bits per heavy atom. The van der Waals surface area contributed by atoms with E-state index in [9.17, 15) is 9.59 Å². The fourth-order valence-electron chi connectivity index (χ4n) is 1.73. The van der Waals surface area contributed by atoms with Gasteiger partial charge in [0, 0.05) is 18.3 Å². The van der Waals surface area contributed by atoms with Crippen LogP contribution in [-0.2, 0) is 9.47 Å². The second-order valence-electron chi connectivity index (χ2n) is 4.79. The van der Waals surface area contributed by atoms with Gasteiger partial charge < -0.3 is 20.1 Å². The molecule has 0 saturated heterocycles. The largest absolute Gasteiger partial charge is 0.460 e. The fraction of sp³-hybridized carbons (Fsp3) is 0.467. The Morgan fingerprint density at radius 3 is 2.81 bits per heavy atom. The maximum atomic E-state index is 11.8. The van der Waals surface area contributed by atoms with Gasteiger partial charge in [0.25, 0.3) is 0 Å². The molecule has 1 aromatic rings. The molecule has 0 heterocycles. The van der Waals surface area contributed by atoms with Crippen molar-refractivity contribution in [1.82, 2.24) is 5.32 Å². The summed E-state index contributed by atoms with van der Waals surface area (Å²) < 4.78 is 10.2. The standard InChI is InChI=1S/C15H20N2O4/c1-2-20-8-9-21-14(18)11-4-3-5-13(10-11)17-15(19)16-12-6-7-12/h3-5,10,12H,2,6-9H2,1H3,(H2,16,17,19). The number of hydrogen-bond acceptors (Lipinski definition) is 4. The van der Waals surface area contributed by atoms with Crippen molar-refractivity contribution in [2.24, 2.45) is 0 Å². The highest BCUT2D eigenvalue weighted by molar-refractivity contribution is 5.94. The SMILES string of the molecule is CCOCCOC(=O)c1cccc(NC(=O)NC2CC2)c1. The number of carbonyl (C=O) groups excluding carboxylic acids is 2. The van der Waals surface area contributed by atoms with Crippen molar-refractivity contribution < 1.29 is 19.1 Å². The van der Waals surface area contributed by atoms with Gasteiger partial charge in [-0.1, -0.05) is 6.07 Å². The van der Waals surface area contributed by atoms with E-state index in [2.05, 4.69) is 10.6 Å². The molecule has 2 amide bonds. The van der Waals surface area contributed by atoms with Gasteiger partial charge in [-0.2, -0.15) is 0 Å². The average Bonchev–Trinajstić information content (AvgIpc) is 3.27. The van der Waals surface area contributed by atoms with Crippen molar-refractivity contribution in [2.45, 2.75) is 25.8 Å². The number of amides is 2. The lowest BCUT2D eigenvalue weighted by Crippen LogP contribution is -2.30. The van der Waals surface area contributed by atoms with Gasteiger partial charge in [-0.15, -0.1) is 0 Å². The van der Waals surface area contributed by atoms with Crippen LogP contribution in [0.3, 0.4) is 0 Å². The van der Waals surface area contributed by atoms with Crippen molar-refractivity contribution in [3.8, 4) is 0 Å². The summed E-state index contributed by atoms with van der Waals surface area (Å²) in [5.74, 6) is -0.430. The molecule has 6 nitrogen and oxygen atoms in total. The molecule has 0 aromatic heterocycles. The third-order valence-corrected chi connectivity index (χ3v) is 2.93. The Balaban J connectivity index is 1.84. The van der Waals surface area contributed by atoms with E-state index >= 15 is 0 Å². The number of carbonyl (C=O) groups is 2. The van der Waals surface area contributed by atoms with Gasteiger partial charge in [0.2, 0.25) is 0 Å². The molecule has 1 aliphatic carbocycles. The highest BCUT2D eigenvalue weighted by atomic mass is 16.6. The fourth-order valence-corrected chi connectivity index (χ4v) is 1.73. The molecule has 2 rings (SSSR count). The predicted octanol–water partition coefficient (Wildman–Crippen LogP) is 2.16. The summed E-state index contributed by atoms with van der Waals surface area (Å²) in [6, 6.07) is 6.70. The van der Waals surface area contributed by atoms with E-state index < -0.39 is 5.97 Å². The molecule has 0 aliphatic heterocycles. The molecule has 1 saturated carbocycles. The predicted molar refractivity (Wildman–Crippen MR) is 78.4 cm³/mol. The first kappa shape index (κ1) is 15.3. The molecule has 0 bridgehead atoms. The topological polar surface area (TPSA) is 76.7 Å². The first-order valence-electron chi connectivity index (χ1n) is 7.11. The van der Waals surface area contributed by atoms with Gasteiger partial charge in [-0.05, 0) is 38.0 Å². The number of urea groups is 1. The van der Waals surface area contributed by atoms with Crippen LogP contribution in [0.4, 0.5) is 10.5 Å². The van der Waals surface area contributed by atoms with E-state index in [0.29, 0.717) is 24.5 Å². The van der Waals surface area contributed by atoms with Crippen LogP contribution in [0.25, 0.3) is 0 Å². The van der Waals surface area contributed by atoms with E-state index in [1.165, 1.54) is 0 Å². The Labute approximate surface area is 123 Å². The van der Waals surface area contributed by atoms with Crippen LogP contribution in [0.15, 0.2) is 24.3 Å². The zero-order valence-electron chi connectivity index (χ0n) is 12.1. The lowest BCUT2D eigenvalue weighted by atomic mass is 10.2. The van der Waals surface area contributed by atoms with Gasteiger partial charge in [-0.3, -0.25) is 0 Å². The maximum absolute atomic E-state index is 11.8. The summed E-state index contributed by atoms with van der Waals surface area (Å²) >= 11 is 0. The first-order chi connectivity index (χ1) is 10.2. The summed E-state index contributed by atoms with van der Waals surface area (Å²) in [6.45, 7) is 3.06. The third-order valence-electron chi connectivity index (χ3n) is 2.93. The molecule has 21 heavy (non-hydrogen) atoms. The van der Waals surface area contributed by atoms with Crippen molar-refractivity contribution in [2.75, 3.05) is 25.1 Å². The van der Waals surface area contributed by atoms with Crippen molar-refractivity contribution >= 4 is 17.7 Å². The lowest BCUT2D eigenvalue weighted by Gasteiger charge is -2.08. The number of hydrogen-bond donors (Lipinski definition) is 2. The van der Waals surface area contributed by atoms with E-state index in [4.69, 9.17) is 9.47 Å². The van der Waals surface area contributed by atoms with Crippen LogP contribution >= 0.6 is 0 Å². The number of ether oxygens (including phenoxy) is 2. The van der Waals surface area contributed by atoms with Crippen LogP contribution in [-0.4, -0.2) is 37.9 Å². The summed E-state index contributed by atoms with van der Waals surface area (Å²) in [6.07, 6.45) is 2.05. The van der Waals surface area contributed by atoms with E-state index in [1.54, 1.807) is 24.3 Å². The van der Waals surface area contributed by atoms with Gasteiger partial charge in [0.15, 0.2) is 0 Å². The van der Waals surface area contributed by atoms with E-state index in [-0.39, 0.29) is 18.7 Å². The molecule has 1 fully saturated rings. The molecule has 0 atom stereocenters. The minimum absolute atomic E-state index is 0.215. The van der Waals surface area contributed by atoms with Crippen molar-refractivity contribution in [1.29, 1.82) is 0 Å². The monoisotopic (exact) mass is 292 g/mol. The van der Waals surface area contributed by atoms with E-state index in [0.717, 1.165) is 12.8 Å². The third kappa shape index (κ3) is 5.43. The molecule has 1 aromatic carbocycles. The van der Waals surface area contributed by atoms with Crippen LogP contribution in [0.2, 0.25) is 0 Å². The summed E-state index contributed by atoms with van der Waals surface area (Å²) in [5, 5.41) is 5.52. The van der Waals surface area contributed by atoms with Gasteiger partial charge >= 0.3 is 12.0 Å². The Kier molecular flexibility index (Phi) is 5.57. The highest BCUT2D eigenvalue weighted by Gasteiger charge is 2.23. The molecule has 114 valence electrons. The number of rotatable bonds is 7. The Hall–Kier alpha value is -2.08. The molecule has 6 heteroatoms. The minimum Gasteiger partial charge on any atom is -0.460 e. The molecule has 0 spiro atoms. The Bertz CT molecular complexity index is 500. The first-order valence-corrected chi connectivity index (χ1v) is 7.11. The van der Waals surface area contributed by atoms with E-state index in [1.807, 2.05) is 6.92 Å². The molecule has 2 N–H and O–H groups in total. The summed E-state index contributed by atoms with van der Waals surface area (Å²) in [5.41, 5.74) is 0.961. The van der Waals surface area contributed by atoms with Crippen LogP contribution in [0.1, 0.15) is 30.1 Å². The lowest BCUT2D eigenvalue weighted by molar-refractivity contribution is 0.0335. The number of nitrogens with one attached hydrogen (secondary N) is 2. The van der Waals surface area contributed by atoms with Gasteiger partial charge in [0.1, 0.15) is 6.61 Å². The smallest absolute Gasteiger partial charge is 0.338 e. The normalized spacial score (nSPS) is 13.6. The average molecular weight is 292 g/mol. The number of esters is 1. The minimum atomic E-state index is -0.430. The second kappa shape index (κ2) is 7.64. The molecule has 1 aliphatic rings. The zero-order chi connectivity index (χ0) is 15.1. The number of anilines is 1. The molecular weight excluding hydrogens is 272 g/mol. The zero-order valence-corrected chi connectivity index (χ0v) is 12.1. The molecule has 0 radical (unpaired) electrons. The summed E-state index contributed by atoms with van der Waals surface area (Å²) in [7, 11) is 0. The quantitative estimate of drug-likeness (QED) is 0.596. The summed E-state index contributed by atoms with van der Waals surface area (Å²) in [4.78, 5) is 23.5. The van der Waals surface area contributed by atoms with Crippen molar-refractivity contribution in [3.05, 3.63) is 29.8 Å². The molecular formula is C15H20N2O4.